The van der Waals surface area contributed by atoms with Crippen LogP contribution in [0.3, 0.4) is 0 Å². The van der Waals surface area contributed by atoms with Gasteiger partial charge in [0.1, 0.15) is 0 Å². The monoisotopic (exact) mass is 143 g/mol. The van der Waals surface area contributed by atoms with Crippen molar-refractivity contribution in [2.45, 2.75) is 6.30 Å². The van der Waals surface area contributed by atoms with Crippen LogP contribution in [-0.2, 0) is 0 Å². The fourth-order valence-corrected chi connectivity index (χ4v) is 0.244. The van der Waals surface area contributed by atoms with Gasteiger partial charge in [0.05, 0.1) is 0 Å². The second-order valence-corrected chi connectivity index (χ2v) is 1.36. The Morgan fingerprint density at radius 1 is 1.50 bits per heavy atom. The summed E-state index contributed by atoms with van der Waals surface area (Å²) in [6.45, 7) is 0. The standard InChI is InChI=1S/C2H2F3N2S/c3-2(4,5)7-1(6)8/h6H,(H,7,8). The second kappa shape index (κ2) is 2.17. The first-order valence-corrected chi connectivity index (χ1v) is 1.93. The van der Waals surface area contributed by atoms with Crippen LogP contribution in [0.15, 0.2) is 0 Å². The minimum atomic E-state index is -4.56. The average Bonchev–Trinajstić information content (AvgIpc) is 1.21. The third-order valence-electron chi connectivity index (χ3n) is 0.255. The van der Waals surface area contributed by atoms with Crippen LogP contribution in [0.2, 0.25) is 0 Å². The number of alkyl halides is 3. The van der Waals surface area contributed by atoms with Gasteiger partial charge in [-0.05, 0) is 12.2 Å². The van der Waals surface area contributed by atoms with Gasteiger partial charge in [-0.15, -0.1) is 0 Å². The molecule has 0 aliphatic heterocycles. The summed E-state index contributed by atoms with van der Waals surface area (Å²) in [5.74, 6) is 0. The molecule has 0 saturated carbocycles. The number of hydrogen-bond acceptors (Lipinski definition) is 1. The molecule has 2 nitrogen and oxygen atoms in total. The molecule has 2 N–H and O–H groups in total. The SMILES string of the molecule is [NH]C(=S)NC(F)(F)F. The number of rotatable bonds is 0. The van der Waals surface area contributed by atoms with Gasteiger partial charge in [0.2, 0.25) is 0 Å². The minimum absolute atomic E-state index is 0.780. The highest BCUT2D eigenvalue weighted by atomic mass is 32.1. The van der Waals surface area contributed by atoms with Crippen molar-refractivity contribution in [3.8, 4) is 0 Å². The molecule has 0 heterocycles. The van der Waals surface area contributed by atoms with E-state index in [4.69, 9.17) is 5.73 Å². The van der Waals surface area contributed by atoms with Crippen molar-refractivity contribution in [3.63, 3.8) is 0 Å². The van der Waals surface area contributed by atoms with Crippen molar-refractivity contribution in [2.24, 2.45) is 0 Å². The van der Waals surface area contributed by atoms with Crippen LogP contribution in [0, 0.1) is 0 Å². The normalized spacial score (nSPS) is 10.9. The first-order valence-electron chi connectivity index (χ1n) is 1.52. The number of thiocarbonyl (C=S) groups is 1. The molecule has 8 heavy (non-hydrogen) atoms. The van der Waals surface area contributed by atoms with Gasteiger partial charge in [0, 0.05) is 0 Å². The van der Waals surface area contributed by atoms with Gasteiger partial charge in [-0.25, -0.2) is 0 Å². The van der Waals surface area contributed by atoms with E-state index in [2.05, 4.69) is 12.2 Å². The van der Waals surface area contributed by atoms with Crippen molar-refractivity contribution in [1.29, 1.82) is 0 Å². The fourth-order valence-electron chi connectivity index (χ4n) is 0.129. The molecular weight excluding hydrogens is 141 g/mol. The summed E-state index contributed by atoms with van der Waals surface area (Å²) >= 11 is 3.78. The van der Waals surface area contributed by atoms with Gasteiger partial charge < -0.3 is 0 Å². The fraction of sp³-hybridized carbons (Fsp3) is 0.500. The quantitative estimate of drug-likeness (QED) is 0.399. The number of hydrogen-bond donors (Lipinski definition) is 1. The van der Waals surface area contributed by atoms with Crippen molar-refractivity contribution in [1.82, 2.24) is 11.1 Å². The summed E-state index contributed by atoms with van der Waals surface area (Å²) in [5.41, 5.74) is 6.13. The van der Waals surface area contributed by atoms with Gasteiger partial charge in [-0.3, -0.25) is 11.1 Å². The van der Waals surface area contributed by atoms with Crippen molar-refractivity contribution in [3.05, 3.63) is 0 Å². The molecule has 0 spiro atoms. The molecule has 0 aromatic carbocycles. The highest BCUT2D eigenvalue weighted by Crippen LogP contribution is 2.08. The maximum Gasteiger partial charge on any atom is 0.484 e. The summed E-state index contributed by atoms with van der Waals surface area (Å²) in [4.78, 5) is 0. The maximum atomic E-state index is 11.0. The molecule has 0 saturated heterocycles. The highest BCUT2D eigenvalue weighted by molar-refractivity contribution is 7.80. The van der Waals surface area contributed by atoms with Gasteiger partial charge in [0.25, 0.3) is 0 Å². The molecule has 1 radical (unpaired) electrons. The van der Waals surface area contributed by atoms with Gasteiger partial charge in [-0.1, -0.05) is 0 Å². The lowest BCUT2D eigenvalue weighted by Crippen LogP contribution is -2.36. The maximum absolute atomic E-state index is 11.0. The summed E-state index contributed by atoms with van der Waals surface area (Å²) < 4.78 is 33.0. The Bertz CT molecular complexity index is 97.9. The van der Waals surface area contributed by atoms with Gasteiger partial charge in [-0.2, -0.15) is 13.2 Å². The van der Waals surface area contributed by atoms with E-state index in [0.29, 0.717) is 0 Å². The minimum Gasteiger partial charge on any atom is -0.275 e. The van der Waals surface area contributed by atoms with Crippen LogP contribution in [-0.4, -0.2) is 11.4 Å². The molecule has 0 aromatic rings. The molecule has 0 aliphatic carbocycles. The molecular formula is C2H2F3N2S. The Morgan fingerprint density at radius 2 is 1.88 bits per heavy atom. The zero-order valence-electron chi connectivity index (χ0n) is 3.54. The predicted octanol–water partition coefficient (Wildman–Crippen LogP) is 0.664. The first kappa shape index (κ1) is 7.48. The molecule has 0 aromatic heterocycles. The topological polar surface area (TPSA) is 35.8 Å². The predicted molar refractivity (Wildman–Crippen MR) is 24.9 cm³/mol. The lowest BCUT2D eigenvalue weighted by atomic mass is 11.0. The third kappa shape index (κ3) is 5.48. The Labute approximate surface area is 48.8 Å². The molecule has 6 heteroatoms. The largest absolute Gasteiger partial charge is 0.484 e. The molecule has 0 fully saturated rings. The van der Waals surface area contributed by atoms with E-state index in [0.717, 1.165) is 5.32 Å². The second-order valence-electron chi connectivity index (χ2n) is 0.952. The lowest BCUT2D eigenvalue weighted by molar-refractivity contribution is -0.141. The molecule has 47 valence electrons. The number of halogens is 3. The molecule has 0 amide bonds. The van der Waals surface area contributed by atoms with E-state index < -0.39 is 11.4 Å². The van der Waals surface area contributed by atoms with Crippen LogP contribution in [0.4, 0.5) is 13.2 Å². The van der Waals surface area contributed by atoms with Crippen molar-refractivity contribution in [2.75, 3.05) is 0 Å². The summed E-state index contributed by atoms with van der Waals surface area (Å²) in [5, 5.41) is -0.236. The summed E-state index contributed by atoms with van der Waals surface area (Å²) in [7, 11) is 0. The molecule has 0 unspecified atom stereocenters. The van der Waals surface area contributed by atoms with Gasteiger partial charge in [0.15, 0.2) is 5.11 Å². The van der Waals surface area contributed by atoms with Crippen molar-refractivity contribution >= 4 is 17.3 Å². The lowest BCUT2D eigenvalue weighted by Gasteiger charge is -2.04. The van der Waals surface area contributed by atoms with E-state index in [9.17, 15) is 13.2 Å². The van der Waals surface area contributed by atoms with Crippen LogP contribution in [0.25, 0.3) is 0 Å². The third-order valence-corrected chi connectivity index (χ3v) is 0.357. The molecule has 0 rings (SSSR count). The van der Waals surface area contributed by atoms with E-state index >= 15 is 0 Å². The molecule has 0 bridgehead atoms. The first-order chi connectivity index (χ1) is 3.42. The van der Waals surface area contributed by atoms with Crippen LogP contribution in [0.1, 0.15) is 0 Å². The Kier molecular flexibility index (Phi) is 2.02. The van der Waals surface area contributed by atoms with Gasteiger partial charge >= 0.3 is 6.30 Å². The Hall–Kier alpha value is -0.520. The zero-order valence-corrected chi connectivity index (χ0v) is 4.36. The zero-order chi connectivity index (χ0) is 6.78. The average molecular weight is 143 g/mol. The van der Waals surface area contributed by atoms with E-state index in [1.165, 1.54) is 0 Å². The Morgan fingerprint density at radius 3 is 1.88 bits per heavy atom. The van der Waals surface area contributed by atoms with E-state index in [1.54, 1.807) is 0 Å². The van der Waals surface area contributed by atoms with E-state index in [-0.39, 0.29) is 0 Å². The summed E-state index contributed by atoms with van der Waals surface area (Å²) in [6.07, 6.45) is -4.56. The molecule has 0 aliphatic rings. The van der Waals surface area contributed by atoms with Crippen LogP contribution >= 0.6 is 12.2 Å². The Balaban J connectivity index is 3.55. The van der Waals surface area contributed by atoms with Crippen molar-refractivity contribution < 1.29 is 13.2 Å². The van der Waals surface area contributed by atoms with E-state index in [1.807, 2.05) is 0 Å². The van der Waals surface area contributed by atoms with Crippen LogP contribution in [0.5, 0.6) is 0 Å². The highest BCUT2D eigenvalue weighted by Gasteiger charge is 2.27. The van der Waals surface area contributed by atoms with Crippen LogP contribution < -0.4 is 11.1 Å². The molecule has 0 atom stereocenters. The summed E-state index contributed by atoms with van der Waals surface area (Å²) in [6, 6.07) is 0. The smallest absolute Gasteiger partial charge is 0.275 e. The number of nitrogens with one attached hydrogen (secondary N) is 2.